The highest BCUT2D eigenvalue weighted by atomic mass is 32.2. The van der Waals surface area contributed by atoms with Crippen LogP contribution in [0.4, 0.5) is 0 Å². The highest BCUT2D eigenvalue weighted by Crippen LogP contribution is 2.30. The molecule has 2 rings (SSSR count). The molecule has 0 aliphatic carbocycles. The normalized spacial score (nSPS) is 12.6. The number of thiazole rings is 1. The summed E-state index contributed by atoms with van der Waals surface area (Å²) in [5.74, 6) is 0. The average molecular weight is 289 g/mol. The van der Waals surface area contributed by atoms with Crippen molar-refractivity contribution in [3.8, 4) is 0 Å². The molecule has 88 valence electrons. The molecule has 0 saturated carbocycles. The number of aromatic nitrogens is 2. The summed E-state index contributed by atoms with van der Waals surface area (Å²) in [6, 6.07) is 0. The quantitative estimate of drug-likeness (QED) is 0.637. The summed E-state index contributed by atoms with van der Waals surface area (Å²) in [5.41, 5.74) is 0. The average Bonchev–Trinajstić information content (AvgIpc) is 2.72. The molecule has 0 spiro atoms. The number of fused-ring (bicyclic) bond motifs is 1. The Hall–Kier alpha value is 0.0869. The number of nitrogens with zero attached hydrogens (tertiary/aromatic N) is 2. The SMILES string of the molecule is CSc1ncn2c(SC)c([Si](C)(C)C)sc12. The van der Waals surface area contributed by atoms with Gasteiger partial charge in [-0.15, -0.1) is 34.9 Å². The van der Waals surface area contributed by atoms with Crippen LogP contribution in [0.15, 0.2) is 16.4 Å². The maximum atomic E-state index is 4.44. The van der Waals surface area contributed by atoms with E-state index in [2.05, 4.69) is 41.5 Å². The molecule has 2 aromatic heterocycles. The fraction of sp³-hybridized carbons (Fsp3) is 0.500. The van der Waals surface area contributed by atoms with Crippen molar-refractivity contribution in [1.82, 2.24) is 9.38 Å². The highest BCUT2D eigenvalue weighted by molar-refractivity contribution is 7.99. The first-order chi connectivity index (χ1) is 7.49. The lowest BCUT2D eigenvalue weighted by Gasteiger charge is -2.14. The van der Waals surface area contributed by atoms with Crippen molar-refractivity contribution >= 4 is 52.3 Å². The number of rotatable bonds is 3. The van der Waals surface area contributed by atoms with Crippen LogP contribution in [0.2, 0.25) is 19.6 Å². The summed E-state index contributed by atoms with van der Waals surface area (Å²) in [6.45, 7) is 7.22. The lowest BCUT2D eigenvalue weighted by molar-refractivity contribution is 1.05. The Morgan fingerprint density at radius 2 is 1.94 bits per heavy atom. The summed E-state index contributed by atoms with van der Waals surface area (Å²) in [5, 5.41) is 2.55. The van der Waals surface area contributed by atoms with Gasteiger partial charge < -0.3 is 0 Å². The van der Waals surface area contributed by atoms with Crippen molar-refractivity contribution in [3.63, 3.8) is 0 Å². The molecule has 2 aromatic rings. The van der Waals surface area contributed by atoms with Crippen molar-refractivity contribution in [2.45, 2.75) is 29.7 Å². The minimum absolute atomic E-state index is 1.16. The molecule has 0 bridgehead atoms. The minimum Gasteiger partial charge on any atom is -0.283 e. The Balaban J connectivity index is 2.71. The molecule has 2 nitrogen and oxygen atoms in total. The van der Waals surface area contributed by atoms with Gasteiger partial charge in [-0.3, -0.25) is 4.40 Å². The van der Waals surface area contributed by atoms with Crippen LogP contribution in [0.1, 0.15) is 0 Å². The Labute approximate surface area is 110 Å². The Morgan fingerprint density at radius 3 is 2.44 bits per heavy atom. The second-order valence-corrected chi connectivity index (χ2v) is 12.6. The minimum atomic E-state index is -1.24. The largest absolute Gasteiger partial charge is 0.283 e. The first-order valence-corrected chi connectivity index (χ1v) is 11.8. The van der Waals surface area contributed by atoms with Crippen LogP contribution in [0.25, 0.3) is 4.83 Å². The van der Waals surface area contributed by atoms with Crippen molar-refractivity contribution in [3.05, 3.63) is 6.33 Å². The van der Waals surface area contributed by atoms with Gasteiger partial charge in [0.1, 0.15) is 16.2 Å². The van der Waals surface area contributed by atoms with E-state index in [1.54, 1.807) is 16.3 Å². The number of hydrogen-bond acceptors (Lipinski definition) is 4. The van der Waals surface area contributed by atoms with E-state index in [9.17, 15) is 0 Å². The third-order valence-corrected chi connectivity index (χ3v) is 9.01. The molecule has 6 heteroatoms. The highest BCUT2D eigenvalue weighted by Gasteiger charge is 2.26. The molecule has 0 amide bonds. The van der Waals surface area contributed by atoms with Crippen LogP contribution in [0.3, 0.4) is 0 Å². The monoisotopic (exact) mass is 288 g/mol. The Kier molecular flexibility index (Phi) is 3.45. The van der Waals surface area contributed by atoms with E-state index in [-0.39, 0.29) is 0 Å². The van der Waals surface area contributed by atoms with Crippen molar-refractivity contribution < 1.29 is 0 Å². The van der Waals surface area contributed by atoms with Gasteiger partial charge in [-0.25, -0.2) is 4.98 Å². The lowest BCUT2D eigenvalue weighted by Crippen LogP contribution is -2.36. The summed E-state index contributed by atoms with van der Waals surface area (Å²) in [4.78, 5) is 5.76. The van der Waals surface area contributed by atoms with Gasteiger partial charge in [-0.1, -0.05) is 19.6 Å². The van der Waals surface area contributed by atoms with Crippen molar-refractivity contribution in [1.29, 1.82) is 0 Å². The zero-order chi connectivity index (χ0) is 11.9. The molecule has 0 saturated heterocycles. The number of thioether (sulfide) groups is 2. The topological polar surface area (TPSA) is 17.3 Å². The van der Waals surface area contributed by atoms with Crippen LogP contribution in [0, 0.1) is 0 Å². The van der Waals surface area contributed by atoms with Crippen molar-refractivity contribution in [2.24, 2.45) is 0 Å². The maximum absolute atomic E-state index is 4.44. The first-order valence-electron chi connectivity index (χ1n) is 5.07. The number of hydrogen-bond donors (Lipinski definition) is 0. The molecule has 0 unspecified atom stereocenters. The second kappa shape index (κ2) is 4.40. The third kappa shape index (κ3) is 1.96. The predicted octanol–water partition coefficient (Wildman–Crippen LogP) is 3.38. The van der Waals surface area contributed by atoms with E-state index in [1.165, 1.54) is 9.86 Å². The zero-order valence-corrected chi connectivity index (χ0v) is 13.6. The van der Waals surface area contributed by atoms with E-state index >= 15 is 0 Å². The van der Waals surface area contributed by atoms with Crippen LogP contribution >= 0.6 is 34.9 Å². The Morgan fingerprint density at radius 1 is 1.25 bits per heavy atom. The molecule has 0 N–H and O–H groups in total. The molecular formula is C10H16N2S3Si. The van der Waals surface area contributed by atoms with Gasteiger partial charge in [0.25, 0.3) is 0 Å². The molecule has 0 aromatic carbocycles. The van der Waals surface area contributed by atoms with E-state index in [0.29, 0.717) is 0 Å². The summed E-state index contributed by atoms with van der Waals surface area (Å²) < 4.78 is 3.85. The third-order valence-electron chi connectivity index (χ3n) is 2.37. The van der Waals surface area contributed by atoms with Gasteiger partial charge in [0.15, 0.2) is 0 Å². The molecule has 0 aliphatic heterocycles. The molecule has 0 aliphatic rings. The fourth-order valence-corrected chi connectivity index (χ4v) is 7.62. The first kappa shape index (κ1) is 12.5. The molecule has 16 heavy (non-hydrogen) atoms. The predicted molar refractivity (Wildman–Crippen MR) is 79.6 cm³/mol. The smallest absolute Gasteiger partial charge is 0.134 e. The van der Waals surface area contributed by atoms with Gasteiger partial charge in [0, 0.05) is 4.50 Å². The molecule has 2 heterocycles. The molecular weight excluding hydrogens is 272 g/mol. The molecule has 0 atom stereocenters. The van der Waals surface area contributed by atoms with Gasteiger partial charge in [0.05, 0.1) is 13.1 Å². The van der Waals surface area contributed by atoms with Crippen LogP contribution < -0.4 is 4.50 Å². The van der Waals surface area contributed by atoms with Gasteiger partial charge in [-0.2, -0.15) is 0 Å². The zero-order valence-electron chi connectivity index (χ0n) is 10.2. The van der Waals surface area contributed by atoms with E-state index in [1.807, 2.05) is 29.4 Å². The fourth-order valence-electron chi connectivity index (χ4n) is 1.61. The van der Waals surface area contributed by atoms with Crippen LogP contribution in [-0.4, -0.2) is 30.0 Å². The van der Waals surface area contributed by atoms with E-state index in [0.717, 1.165) is 5.03 Å². The van der Waals surface area contributed by atoms with Gasteiger partial charge in [0.2, 0.25) is 0 Å². The summed E-state index contributed by atoms with van der Waals surface area (Å²) in [7, 11) is -1.24. The Bertz CT molecular complexity index is 510. The standard InChI is InChI=1S/C10H16N2S3Si/c1-13-7-8-12(6-11-7)9(14-2)10(15-8)16(3,4)5/h6H,1-5H3. The van der Waals surface area contributed by atoms with Crippen LogP contribution in [0.5, 0.6) is 0 Å². The second-order valence-electron chi connectivity index (χ2n) is 4.62. The summed E-state index contributed by atoms with van der Waals surface area (Å²) >= 11 is 5.51. The maximum Gasteiger partial charge on any atom is 0.134 e. The lowest BCUT2D eigenvalue weighted by atomic mass is 10.8. The van der Waals surface area contributed by atoms with Crippen molar-refractivity contribution in [2.75, 3.05) is 12.5 Å². The number of imidazole rings is 1. The van der Waals surface area contributed by atoms with E-state index in [4.69, 9.17) is 0 Å². The molecule has 0 radical (unpaired) electrons. The van der Waals surface area contributed by atoms with Gasteiger partial charge >= 0.3 is 0 Å². The van der Waals surface area contributed by atoms with E-state index < -0.39 is 8.07 Å². The molecule has 0 fully saturated rings. The summed E-state index contributed by atoms with van der Waals surface area (Å²) in [6.07, 6.45) is 6.21. The van der Waals surface area contributed by atoms with Gasteiger partial charge in [-0.05, 0) is 12.5 Å². The van der Waals surface area contributed by atoms with Crippen LogP contribution in [-0.2, 0) is 0 Å².